The predicted molar refractivity (Wildman–Crippen MR) is 61.2 cm³/mol. The van der Waals surface area contributed by atoms with Gasteiger partial charge in [-0.1, -0.05) is 0 Å². The van der Waals surface area contributed by atoms with Crippen molar-refractivity contribution in [2.45, 2.75) is 5.88 Å². The summed E-state index contributed by atoms with van der Waals surface area (Å²) < 4.78 is 1.13. The number of alkyl halides is 1. The van der Waals surface area contributed by atoms with E-state index in [0.29, 0.717) is 20.4 Å². The van der Waals surface area contributed by atoms with Gasteiger partial charge in [-0.3, -0.25) is 0 Å². The van der Waals surface area contributed by atoms with Gasteiger partial charge in [0.1, 0.15) is 0 Å². The van der Waals surface area contributed by atoms with Crippen LogP contribution in [-0.4, -0.2) is 19.5 Å². The molecule has 14 heavy (non-hydrogen) atoms. The van der Waals surface area contributed by atoms with Gasteiger partial charge < -0.3 is 0 Å². The SMILES string of the molecule is ClCc1c[se]c(-c2ccc(Cl)cc2)n1. The summed E-state index contributed by atoms with van der Waals surface area (Å²) in [6, 6.07) is 7.75. The van der Waals surface area contributed by atoms with Crippen LogP contribution in [0.4, 0.5) is 0 Å². The van der Waals surface area contributed by atoms with E-state index in [1.165, 1.54) is 0 Å². The summed E-state index contributed by atoms with van der Waals surface area (Å²) in [7, 11) is 0. The van der Waals surface area contributed by atoms with Crippen molar-refractivity contribution in [3.8, 4) is 10.1 Å². The van der Waals surface area contributed by atoms with E-state index in [1.807, 2.05) is 24.3 Å². The Bertz CT molecular complexity index is 422. The second kappa shape index (κ2) is 4.50. The van der Waals surface area contributed by atoms with Crippen molar-refractivity contribution in [1.82, 2.24) is 4.98 Å². The standard InChI is InChI=1S/C10H7Cl2NSe/c11-5-9-6-14-10(13-9)7-1-3-8(12)4-2-7/h1-4,6H,5H2. The van der Waals surface area contributed by atoms with E-state index < -0.39 is 0 Å². The minimum absolute atomic E-state index is 0.318. The van der Waals surface area contributed by atoms with Crippen molar-refractivity contribution in [2.24, 2.45) is 0 Å². The van der Waals surface area contributed by atoms with Gasteiger partial charge in [-0.2, -0.15) is 0 Å². The first-order valence-electron chi connectivity index (χ1n) is 4.06. The van der Waals surface area contributed by atoms with E-state index in [9.17, 15) is 0 Å². The van der Waals surface area contributed by atoms with Crippen LogP contribution < -0.4 is 0 Å². The number of hydrogen-bond acceptors (Lipinski definition) is 1. The number of nitrogens with zero attached hydrogens (tertiary/aromatic N) is 1. The van der Waals surface area contributed by atoms with Crippen molar-refractivity contribution in [3.05, 3.63) is 39.9 Å². The van der Waals surface area contributed by atoms with E-state index in [0.717, 1.165) is 20.8 Å². The van der Waals surface area contributed by atoms with Gasteiger partial charge in [0, 0.05) is 0 Å². The maximum atomic E-state index is 5.81. The molecule has 1 aromatic heterocycles. The van der Waals surface area contributed by atoms with E-state index >= 15 is 0 Å². The van der Waals surface area contributed by atoms with Crippen molar-refractivity contribution < 1.29 is 0 Å². The Morgan fingerprint density at radius 1 is 1.21 bits per heavy atom. The fraction of sp³-hybridized carbons (Fsp3) is 0.100. The zero-order valence-electron chi connectivity index (χ0n) is 7.21. The van der Waals surface area contributed by atoms with Gasteiger partial charge in [0.15, 0.2) is 0 Å². The number of halogens is 2. The molecule has 0 spiro atoms. The third-order valence-corrected chi connectivity index (χ3v) is 4.28. The average molecular weight is 291 g/mol. The molecule has 0 atom stereocenters. The van der Waals surface area contributed by atoms with Gasteiger partial charge in [-0.15, -0.1) is 0 Å². The monoisotopic (exact) mass is 291 g/mol. The van der Waals surface area contributed by atoms with Crippen LogP contribution in [0.2, 0.25) is 5.02 Å². The molecule has 1 heterocycles. The van der Waals surface area contributed by atoms with Gasteiger partial charge in [-0.25, -0.2) is 0 Å². The molecule has 0 unspecified atom stereocenters. The first-order chi connectivity index (χ1) is 6.79. The molecule has 0 saturated carbocycles. The third kappa shape index (κ3) is 2.21. The second-order valence-electron chi connectivity index (χ2n) is 2.78. The van der Waals surface area contributed by atoms with Gasteiger partial charge in [0.2, 0.25) is 0 Å². The molecule has 0 fully saturated rings. The molecule has 0 aliphatic heterocycles. The summed E-state index contributed by atoms with van der Waals surface area (Å²) in [5.74, 6) is 0.499. The summed E-state index contributed by atoms with van der Waals surface area (Å²) in [5, 5.41) is 0.755. The van der Waals surface area contributed by atoms with Crippen LogP contribution in [0.15, 0.2) is 29.2 Å². The zero-order chi connectivity index (χ0) is 9.97. The van der Waals surface area contributed by atoms with Crippen molar-refractivity contribution in [3.63, 3.8) is 0 Å². The molecule has 0 amide bonds. The molecule has 0 aliphatic carbocycles. The van der Waals surface area contributed by atoms with Gasteiger partial charge >= 0.3 is 98.6 Å². The average Bonchev–Trinajstić information content (AvgIpc) is 2.67. The number of hydrogen-bond donors (Lipinski definition) is 0. The van der Waals surface area contributed by atoms with Crippen LogP contribution in [0.25, 0.3) is 10.1 Å². The molecule has 2 rings (SSSR count). The fourth-order valence-corrected chi connectivity index (χ4v) is 3.30. The molecule has 4 heteroatoms. The minimum atomic E-state index is 0.318. The number of aromatic nitrogens is 1. The molecule has 0 radical (unpaired) electrons. The number of benzene rings is 1. The van der Waals surface area contributed by atoms with Crippen molar-refractivity contribution in [1.29, 1.82) is 0 Å². The molecule has 1 nitrogen and oxygen atoms in total. The van der Waals surface area contributed by atoms with Gasteiger partial charge in [0.05, 0.1) is 0 Å². The summed E-state index contributed by atoms with van der Waals surface area (Å²) in [4.78, 5) is 6.55. The van der Waals surface area contributed by atoms with Crippen molar-refractivity contribution in [2.75, 3.05) is 0 Å². The Kier molecular flexibility index (Phi) is 3.30. The molecule has 0 N–H and O–H groups in total. The molecule has 2 aromatic rings. The van der Waals surface area contributed by atoms with Crippen LogP contribution in [0.3, 0.4) is 0 Å². The quantitative estimate of drug-likeness (QED) is 0.611. The van der Waals surface area contributed by atoms with E-state index in [1.54, 1.807) is 0 Å². The topological polar surface area (TPSA) is 12.9 Å². The van der Waals surface area contributed by atoms with Gasteiger partial charge in [-0.05, 0) is 0 Å². The first kappa shape index (κ1) is 10.3. The summed E-state index contributed by atoms with van der Waals surface area (Å²) >= 11 is 11.8. The van der Waals surface area contributed by atoms with Crippen LogP contribution in [0.1, 0.15) is 5.69 Å². The Morgan fingerprint density at radius 3 is 2.50 bits per heavy atom. The third-order valence-electron chi connectivity index (χ3n) is 1.78. The van der Waals surface area contributed by atoms with Crippen LogP contribution in [0, 0.1) is 0 Å². The number of rotatable bonds is 2. The zero-order valence-corrected chi connectivity index (χ0v) is 10.4. The predicted octanol–water partition coefficient (Wildman–Crippen LogP) is 3.20. The van der Waals surface area contributed by atoms with Crippen LogP contribution in [-0.2, 0) is 5.88 Å². The van der Waals surface area contributed by atoms with Crippen molar-refractivity contribution >= 4 is 37.7 Å². The molecular formula is C10H7Cl2NSe. The molecule has 1 aromatic carbocycles. The Morgan fingerprint density at radius 2 is 1.93 bits per heavy atom. The first-order valence-corrected chi connectivity index (χ1v) is 6.81. The molecule has 72 valence electrons. The molecular weight excluding hydrogens is 284 g/mol. The molecule has 0 saturated heterocycles. The van der Waals surface area contributed by atoms with E-state index in [4.69, 9.17) is 23.2 Å². The molecule has 0 aliphatic rings. The Balaban J connectivity index is 2.34. The molecule has 0 bridgehead atoms. The van der Waals surface area contributed by atoms with Crippen LogP contribution >= 0.6 is 23.2 Å². The maximum absolute atomic E-state index is 5.81. The summed E-state index contributed by atoms with van der Waals surface area (Å²) in [5.41, 5.74) is 2.13. The Labute approximate surface area is 98.4 Å². The Hall–Kier alpha value is -0.271. The summed E-state index contributed by atoms with van der Waals surface area (Å²) in [6.07, 6.45) is 0. The van der Waals surface area contributed by atoms with Gasteiger partial charge in [0.25, 0.3) is 0 Å². The normalized spacial score (nSPS) is 10.4. The summed E-state index contributed by atoms with van der Waals surface area (Å²) in [6.45, 7) is 0. The fourth-order valence-electron chi connectivity index (χ4n) is 1.09. The van der Waals surface area contributed by atoms with E-state index in [2.05, 4.69) is 9.92 Å². The van der Waals surface area contributed by atoms with E-state index in [-0.39, 0.29) is 0 Å². The van der Waals surface area contributed by atoms with Crippen LogP contribution in [0.5, 0.6) is 0 Å². The second-order valence-corrected chi connectivity index (χ2v) is 5.29.